The van der Waals surface area contributed by atoms with Gasteiger partial charge in [0.15, 0.2) is 11.6 Å². The number of phenols is 1. The first-order valence-electron chi connectivity index (χ1n) is 9.67. The molecule has 0 aliphatic heterocycles. The fourth-order valence-corrected chi connectivity index (χ4v) is 3.32. The van der Waals surface area contributed by atoms with Gasteiger partial charge in [0, 0.05) is 11.8 Å². The van der Waals surface area contributed by atoms with Gasteiger partial charge >= 0.3 is 0 Å². The molecule has 4 heteroatoms. The molecule has 0 heterocycles. The third-order valence-corrected chi connectivity index (χ3v) is 5.06. The summed E-state index contributed by atoms with van der Waals surface area (Å²) >= 11 is 0. The lowest BCUT2D eigenvalue weighted by Gasteiger charge is -2.34. The number of phenolic OH excluding ortho intramolecular Hbond substituents is 1. The van der Waals surface area contributed by atoms with Crippen LogP contribution in [-0.2, 0) is 16.4 Å². The van der Waals surface area contributed by atoms with E-state index in [1.165, 1.54) is 13.2 Å². The number of aromatic hydroxyl groups is 1. The van der Waals surface area contributed by atoms with Crippen LogP contribution < -0.4 is 10.1 Å². The summed E-state index contributed by atoms with van der Waals surface area (Å²) in [5.74, 6) is 0.174. The highest BCUT2D eigenvalue weighted by molar-refractivity contribution is 5.55. The van der Waals surface area contributed by atoms with Crippen LogP contribution in [0.25, 0.3) is 0 Å². The maximum absolute atomic E-state index is 14.1. The van der Waals surface area contributed by atoms with Crippen molar-refractivity contribution in [3.63, 3.8) is 0 Å². The zero-order valence-electron chi connectivity index (χ0n) is 18.6. The van der Waals surface area contributed by atoms with E-state index in [4.69, 9.17) is 4.74 Å². The molecular formula is C24H34FNO2. The van der Waals surface area contributed by atoms with E-state index in [9.17, 15) is 9.50 Å². The average Bonchev–Trinajstić information content (AvgIpc) is 2.52. The van der Waals surface area contributed by atoms with E-state index < -0.39 is 11.4 Å². The molecule has 0 bridgehead atoms. The predicted molar refractivity (Wildman–Crippen MR) is 115 cm³/mol. The number of halogens is 1. The quantitative estimate of drug-likeness (QED) is 0.631. The van der Waals surface area contributed by atoms with Gasteiger partial charge in [0.05, 0.1) is 12.6 Å². The number of hydrogen-bond acceptors (Lipinski definition) is 3. The van der Waals surface area contributed by atoms with Gasteiger partial charge in [-0.25, -0.2) is 4.39 Å². The van der Waals surface area contributed by atoms with Gasteiger partial charge in [-0.15, -0.1) is 0 Å². The first kappa shape index (κ1) is 22.1. The van der Waals surface area contributed by atoms with Gasteiger partial charge in [-0.05, 0) is 65.6 Å². The summed E-state index contributed by atoms with van der Waals surface area (Å²) in [4.78, 5) is 0. The number of nitrogens with one attached hydrogen (secondary N) is 1. The Morgan fingerprint density at radius 2 is 1.36 bits per heavy atom. The van der Waals surface area contributed by atoms with E-state index in [0.717, 1.165) is 16.7 Å². The summed E-state index contributed by atoms with van der Waals surface area (Å²) in [5, 5.41) is 14.4. The maximum Gasteiger partial charge on any atom is 0.167 e. The summed E-state index contributed by atoms with van der Waals surface area (Å²) in [6.45, 7) is 16.7. The van der Waals surface area contributed by atoms with Crippen LogP contribution >= 0.6 is 0 Å². The molecular weight excluding hydrogens is 353 g/mol. The molecule has 2 rings (SSSR count). The molecule has 0 spiro atoms. The van der Waals surface area contributed by atoms with Gasteiger partial charge in [-0.2, -0.15) is 0 Å². The number of hydrogen-bond donors (Lipinski definition) is 2. The monoisotopic (exact) mass is 387 g/mol. The Bertz CT molecular complexity index is 823. The molecule has 0 aromatic heterocycles. The van der Waals surface area contributed by atoms with Crippen LogP contribution in [0.4, 0.5) is 10.1 Å². The molecule has 0 unspecified atom stereocenters. The molecule has 154 valence electrons. The highest BCUT2D eigenvalue weighted by atomic mass is 19.1. The Balaban J connectivity index is 2.56. The maximum atomic E-state index is 14.1. The Morgan fingerprint density at radius 1 is 0.857 bits per heavy atom. The van der Waals surface area contributed by atoms with Crippen LogP contribution in [0.1, 0.15) is 72.1 Å². The number of anilines is 1. The first-order valence-corrected chi connectivity index (χ1v) is 9.67. The first-order chi connectivity index (χ1) is 12.7. The van der Waals surface area contributed by atoms with Crippen LogP contribution in [0.5, 0.6) is 11.5 Å². The average molecular weight is 388 g/mol. The third-order valence-electron chi connectivity index (χ3n) is 5.06. The van der Waals surface area contributed by atoms with Crippen molar-refractivity contribution in [2.45, 2.75) is 71.8 Å². The highest BCUT2D eigenvalue weighted by Gasteiger charge is 2.30. The van der Waals surface area contributed by atoms with Gasteiger partial charge < -0.3 is 15.2 Å². The van der Waals surface area contributed by atoms with E-state index in [1.807, 2.05) is 0 Å². The lowest BCUT2D eigenvalue weighted by atomic mass is 9.76. The Labute approximate surface area is 168 Å². The molecule has 3 nitrogen and oxygen atoms in total. The molecule has 0 saturated carbocycles. The van der Waals surface area contributed by atoms with Crippen molar-refractivity contribution in [3.8, 4) is 11.5 Å². The normalized spacial score (nSPS) is 12.8. The molecule has 28 heavy (non-hydrogen) atoms. The fraction of sp³-hybridized carbons (Fsp3) is 0.500. The summed E-state index contributed by atoms with van der Waals surface area (Å²) in [5.41, 5.74) is 2.64. The molecule has 0 radical (unpaired) electrons. The van der Waals surface area contributed by atoms with Crippen molar-refractivity contribution in [3.05, 3.63) is 52.8 Å². The van der Waals surface area contributed by atoms with Crippen LogP contribution in [0.2, 0.25) is 0 Å². The largest absolute Gasteiger partial charge is 0.507 e. The number of methoxy groups -OCH3 is 1. The summed E-state index contributed by atoms with van der Waals surface area (Å²) in [7, 11) is 1.45. The second-order valence-electron chi connectivity index (χ2n) is 10.0. The van der Waals surface area contributed by atoms with E-state index in [0.29, 0.717) is 11.4 Å². The third kappa shape index (κ3) is 4.60. The van der Waals surface area contributed by atoms with Crippen molar-refractivity contribution in [1.29, 1.82) is 0 Å². The molecule has 2 aromatic rings. The molecule has 2 aromatic carbocycles. The van der Waals surface area contributed by atoms with Gasteiger partial charge in [-0.1, -0.05) is 41.5 Å². The van der Waals surface area contributed by atoms with Crippen molar-refractivity contribution < 1.29 is 14.2 Å². The van der Waals surface area contributed by atoms with Crippen molar-refractivity contribution in [2.24, 2.45) is 0 Å². The molecule has 2 N–H and O–H groups in total. The highest BCUT2D eigenvalue weighted by Crippen LogP contribution is 2.42. The minimum Gasteiger partial charge on any atom is -0.507 e. The molecule has 0 aliphatic carbocycles. The minimum atomic E-state index is -0.477. The molecule has 0 aliphatic rings. The Kier molecular flexibility index (Phi) is 5.76. The number of ether oxygens (including phenoxy) is 1. The van der Waals surface area contributed by atoms with Crippen LogP contribution in [0, 0.1) is 5.82 Å². The summed E-state index contributed by atoms with van der Waals surface area (Å²) in [6, 6.07) is 8.97. The van der Waals surface area contributed by atoms with E-state index in [2.05, 4.69) is 72.8 Å². The molecule has 0 amide bonds. The van der Waals surface area contributed by atoms with Crippen LogP contribution in [-0.4, -0.2) is 12.2 Å². The standard InChI is InChI=1S/C24H34FNO2/c1-22(2,3)17-12-15(13-18(21(17)27)23(4,5)6)24(7,8)26-16-10-11-20(28-9)19(25)14-16/h10-14,26-27H,1-9H3. The van der Waals surface area contributed by atoms with E-state index >= 15 is 0 Å². The Morgan fingerprint density at radius 3 is 1.75 bits per heavy atom. The second-order valence-corrected chi connectivity index (χ2v) is 10.0. The van der Waals surface area contributed by atoms with Gasteiger partial charge in [0.25, 0.3) is 0 Å². The smallest absolute Gasteiger partial charge is 0.167 e. The fourth-order valence-electron chi connectivity index (χ4n) is 3.32. The zero-order chi connectivity index (χ0) is 21.5. The number of benzene rings is 2. The van der Waals surface area contributed by atoms with E-state index in [1.54, 1.807) is 12.1 Å². The van der Waals surface area contributed by atoms with Gasteiger partial charge in [-0.3, -0.25) is 0 Å². The second kappa shape index (κ2) is 7.31. The number of rotatable bonds is 4. The topological polar surface area (TPSA) is 41.5 Å². The lowest BCUT2D eigenvalue weighted by Crippen LogP contribution is -2.30. The van der Waals surface area contributed by atoms with Gasteiger partial charge in [0.1, 0.15) is 5.75 Å². The van der Waals surface area contributed by atoms with Crippen LogP contribution in [0.15, 0.2) is 30.3 Å². The lowest BCUT2D eigenvalue weighted by molar-refractivity contribution is 0.386. The van der Waals surface area contributed by atoms with Crippen molar-refractivity contribution >= 4 is 5.69 Å². The zero-order valence-corrected chi connectivity index (χ0v) is 18.6. The SMILES string of the molecule is COc1ccc(NC(C)(C)c2cc(C(C)(C)C)c(O)c(C(C)(C)C)c2)cc1F. The van der Waals surface area contributed by atoms with E-state index in [-0.39, 0.29) is 16.6 Å². The predicted octanol–water partition coefficient (Wildman–Crippen LogP) is 6.48. The van der Waals surface area contributed by atoms with Crippen molar-refractivity contribution in [1.82, 2.24) is 0 Å². The van der Waals surface area contributed by atoms with Crippen LogP contribution in [0.3, 0.4) is 0 Å². The summed E-state index contributed by atoms with van der Waals surface area (Å²) in [6.07, 6.45) is 0. The van der Waals surface area contributed by atoms with Gasteiger partial charge in [0.2, 0.25) is 0 Å². The molecule has 0 fully saturated rings. The minimum absolute atomic E-state index is 0.206. The molecule has 0 saturated heterocycles. The van der Waals surface area contributed by atoms with Crippen molar-refractivity contribution in [2.75, 3.05) is 12.4 Å². The summed E-state index contributed by atoms with van der Waals surface area (Å²) < 4.78 is 19.1. The Hall–Kier alpha value is -2.23. The molecule has 0 atom stereocenters.